The lowest BCUT2D eigenvalue weighted by Crippen LogP contribution is -2.35. The average Bonchev–Trinajstić information content (AvgIpc) is 2.38. The number of hydrogen-bond donors (Lipinski definition) is 3. The van der Waals surface area contributed by atoms with Gasteiger partial charge in [0.1, 0.15) is 0 Å². The summed E-state index contributed by atoms with van der Waals surface area (Å²) in [5.74, 6) is 5.53. The number of rotatable bonds is 3. The van der Waals surface area contributed by atoms with E-state index in [0.717, 1.165) is 12.7 Å². The zero-order valence-electron chi connectivity index (χ0n) is 11.1. The van der Waals surface area contributed by atoms with Crippen LogP contribution in [-0.2, 0) is 14.9 Å². The lowest BCUT2D eigenvalue weighted by atomic mass is 10.1. The minimum absolute atomic E-state index is 0.247. The van der Waals surface area contributed by atoms with Crippen molar-refractivity contribution in [1.82, 2.24) is 4.72 Å². The van der Waals surface area contributed by atoms with Crippen molar-refractivity contribution in [3.05, 3.63) is 29.3 Å². The zero-order valence-corrected chi connectivity index (χ0v) is 11.9. The van der Waals surface area contributed by atoms with Gasteiger partial charge >= 0.3 is 16.3 Å². The predicted molar refractivity (Wildman–Crippen MR) is 75.2 cm³/mol. The molecule has 20 heavy (non-hydrogen) atoms. The number of aryl methyl sites for hydroxylation is 1. The number of nitrogens with two attached hydrogens (primary N) is 1. The molecule has 1 amide bonds. The first-order valence-corrected chi connectivity index (χ1v) is 7.04. The van der Waals surface area contributed by atoms with Crippen LogP contribution in [0.3, 0.4) is 0 Å². The summed E-state index contributed by atoms with van der Waals surface area (Å²) in [5.41, 5.74) is 6.98. The summed E-state index contributed by atoms with van der Waals surface area (Å²) < 4.78 is 31.3. The minimum atomic E-state index is -4.03. The number of nitrogens with one attached hydrogen (secondary N) is 2. The summed E-state index contributed by atoms with van der Waals surface area (Å²) in [6.07, 6.45) is -1.07. The highest BCUT2D eigenvalue weighted by Gasteiger charge is 2.15. The molecule has 0 heterocycles. The number of ether oxygens (including phenoxy) is 1. The van der Waals surface area contributed by atoms with Crippen LogP contribution in [0.1, 0.15) is 11.1 Å². The van der Waals surface area contributed by atoms with Gasteiger partial charge in [0.15, 0.2) is 0 Å². The van der Waals surface area contributed by atoms with E-state index in [1.807, 2.05) is 0 Å². The third-order valence-corrected chi connectivity index (χ3v) is 3.13. The first kappa shape index (κ1) is 15.8. The van der Waals surface area contributed by atoms with E-state index in [0.29, 0.717) is 11.3 Å². The molecule has 0 atom stereocenters. The Labute approximate surface area is 117 Å². The number of anilines is 1. The quantitative estimate of drug-likeness (QED) is 0.696. The fourth-order valence-electron chi connectivity index (χ4n) is 1.33. The minimum Gasteiger partial charge on any atom is -0.452 e. The fourth-order valence-corrected chi connectivity index (χ4v) is 2.20. The van der Waals surface area contributed by atoms with Crippen molar-refractivity contribution < 1.29 is 17.9 Å². The molecule has 0 fully saturated rings. The van der Waals surface area contributed by atoms with E-state index < -0.39 is 16.3 Å². The zero-order chi connectivity index (χ0) is 15.2. The Balaban J connectivity index is 2.91. The molecule has 1 aromatic carbocycles. The van der Waals surface area contributed by atoms with E-state index in [1.54, 1.807) is 29.8 Å². The van der Waals surface area contributed by atoms with E-state index in [-0.39, 0.29) is 6.54 Å². The van der Waals surface area contributed by atoms with Gasteiger partial charge in [-0.3, -0.25) is 4.72 Å². The maximum atomic E-state index is 11.6. The van der Waals surface area contributed by atoms with Gasteiger partial charge in [0.2, 0.25) is 0 Å². The van der Waals surface area contributed by atoms with Crippen molar-refractivity contribution in [2.45, 2.75) is 6.92 Å². The molecule has 0 unspecified atom stereocenters. The Morgan fingerprint density at radius 3 is 2.70 bits per heavy atom. The molecule has 1 rings (SSSR count). The number of carbonyl (C=O) groups excluding carboxylic acids is 1. The molecule has 1 aromatic rings. The van der Waals surface area contributed by atoms with Crippen LogP contribution in [0.4, 0.5) is 10.5 Å². The molecule has 0 radical (unpaired) electrons. The van der Waals surface area contributed by atoms with Gasteiger partial charge in [0.05, 0.1) is 19.3 Å². The second kappa shape index (κ2) is 6.79. The Kier molecular flexibility index (Phi) is 5.37. The third kappa shape index (κ3) is 4.79. The van der Waals surface area contributed by atoms with Crippen LogP contribution in [0.5, 0.6) is 0 Å². The highest BCUT2D eigenvalue weighted by molar-refractivity contribution is 7.91. The smallest absolute Gasteiger partial charge is 0.422 e. The van der Waals surface area contributed by atoms with Crippen molar-refractivity contribution in [2.75, 3.05) is 18.4 Å². The summed E-state index contributed by atoms with van der Waals surface area (Å²) in [5, 5.41) is 0. The van der Waals surface area contributed by atoms with Crippen molar-refractivity contribution >= 4 is 22.0 Å². The first-order chi connectivity index (χ1) is 9.38. The molecule has 0 bridgehead atoms. The first-order valence-electron chi connectivity index (χ1n) is 5.56. The summed E-state index contributed by atoms with van der Waals surface area (Å²) in [6.45, 7) is 1.96. The molecule has 8 heteroatoms. The van der Waals surface area contributed by atoms with Crippen LogP contribution in [0.15, 0.2) is 18.2 Å². The lowest BCUT2D eigenvalue weighted by Gasteiger charge is -2.10. The molecule has 108 valence electrons. The Bertz CT molecular complexity index is 659. The van der Waals surface area contributed by atoms with Crippen molar-refractivity contribution in [1.29, 1.82) is 0 Å². The number of methoxy groups -OCH3 is 1. The highest BCUT2D eigenvalue weighted by atomic mass is 32.2. The van der Waals surface area contributed by atoms with Crippen molar-refractivity contribution in [2.24, 2.45) is 5.73 Å². The summed E-state index contributed by atoms with van der Waals surface area (Å²) in [4.78, 5) is 10.9. The Hall–Kier alpha value is -2.24. The molecule has 7 nitrogen and oxygen atoms in total. The van der Waals surface area contributed by atoms with Crippen LogP contribution in [0, 0.1) is 18.8 Å². The SMILES string of the molecule is COC(=O)NS(=O)(=O)Nc1ccc(C#CCN)cc1C. The molecule has 0 aliphatic heterocycles. The van der Waals surface area contributed by atoms with E-state index in [4.69, 9.17) is 5.73 Å². The van der Waals surface area contributed by atoms with E-state index in [9.17, 15) is 13.2 Å². The monoisotopic (exact) mass is 297 g/mol. The maximum Gasteiger partial charge on any atom is 0.422 e. The standard InChI is InChI=1S/C12H15N3O4S/c1-9-8-10(4-3-7-13)5-6-11(9)14-20(17,18)15-12(16)19-2/h5-6,8,14H,7,13H2,1-2H3,(H,15,16). The molecule has 0 aromatic heterocycles. The molecule has 0 spiro atoms. The average molecular weight is 297 g/mol. The fraction of sp³-hybridized carbons (Fsp3) is 0.250. The molecule has 0 saturated heterocycles. The maximum absolute atomic E-state index is 11.6. The van der Waals surface area contributed by atoms with Crippen LogP contribution >= 0.6 is 0 Å². The second-order valence-electron chi connectivity index (χ2n) is 3.73. The largest absolute Gasteiger partial charge is 0.452 e. The Morgan fingerprint density at radius 2 is 2.15 bits per heavy atom. The molecule has 4 N–H and O–H groups in total. The topological polar surface area (TPSA) is 111 Å². The van der Waals surface area contributed by atoms with Gasteiger partial charge in [-0.25, -0.2) is 9.52 Å². The third-order valence-electron chi connectivity index (χ3n) is 2.21. The number of amides is 1. The van der Waals surface area contributed by atoms with Gasteiger partial charge < -0.3 is 10.5 Å². The van der Waals surface area contributed by atoms with Crippen molar-refractivity contribution in [3.63, 3.8) is 0 Å². The molecular weight excluding hydrogens is 282 g/mol. The summed E-state index contributed by atoms with van der Waals surface area (Å²) in [6, 6.07) is 4.90. The number of benzene rings is 1. The van der Waals surface area contributed by atoms with Gasteiger partial charge in [-0.2, -0.15) is 8.42 Å². The number of hydrogen-bond acceptors (Lipinski definition) is 5. The van der Waals surface area contributed by atoms with E-state index in [2.05, 4.69) is 21.3 Å². The van der Waals surface area contributed by atoms with Gasteiger partial charge in [-0.15, -0.1) is 0 Å². The van der Waals surface area contributed by atoms with Crippen LogP contribution in [0.2, 0.25) is 0 Å². The lowest BCUT2D eigenvalue weighted by molar-refractivity contribution is 0.177. The Morgan fingerprint density at radius 1 is 1.45 bits per heavy atom. The molecule has 0 aliphatic carbocycles. The molecular formula is C12H15N3O4S. The molecule has 0 aliphatic rings. The highest BCUT2D eigenvalue weighted by Crippen LogP contribution is 2.17. The van der Waals surface area contributed by atoms with E-state index in [1.165, 1.54) is 0 Å². The summed E-state index contributed by atoms with van der Waals surface area (Å²) >= 11 is 0. The van der Waals surface area contributed by atoms with Gasteiger partial charge in [-0.1, -0.05) is 11.8 Å². The van der Waals surface area contributed by atoms with E-state index >= 15 is 0 Å². The second-order valence-corrected chi connectivity index (χ2v) is 5.15. The van der Waals surface area contributed by atoms with Gasteiger partial charge in [0.25, 0.3) is 0 Å². The van der Waals surface area contributed by atoms with Crippen LogP contribution in [0.25, 0.3) is 0 Å². The predicted octanol–water partition coefficient (Wildman–Crippen LogP) is 0.318. The van der Waals surface area contributed by atoms with Crippen molar-refractivity contribution in [3.8, 4) is 11.8 Å². The summed E-state index contributed by atoms with van der Waals surface area (Å²) in [7, 11) is -2.96. The number of carbonyl (C=O) groups is 1. The molecule has 0 saturated carbocycles. The van der Waals surface area contributed by atoms with Gasteiger partial charge in [-0.05, 0) is 30.7 Å². The van der Waals surface area contributed by atoms with Gasteiger partial charge in [0, 0.05) is 5.56 Å². The van der Waals surface area contributed by atoms with Crippen LogP contribution in [-0.4, -0.2) is 28.2 Å². The normalized spacial score (nSPS) is 10.2. The van der Waals surface area contributed by atoms with Crippen LogP contribution < -0.4 is 15.2 Å².